The van der Waals surface area contributed by atoms with E-state index in [2.05, 4.69) is 10.6 Å². The van der Waals surface area contributed by atoms with Crippen LogP contribution < -0.4 is 15.4 Å². The molecule has 4 rings (SSSR count). The van der Waals surface area contributed by atoms with Crippen LogP contribution in [0.2, 0.25) is 0 Å². The second-order valence-electron chi connectivity index (χ2n) is 8.40. The first-order valence-electron chi connectivity index (χ1n) is 9.96. The molecule has 1 aliphatic heterocycles. The predicted octanol–water partition coefficient (Wildman–Crippen LogP) is 3.55. The van der Waals surface area contributed by atoms with Crippen LogP contribution in [0, 0.1) is 5.92 Å². The molecule has 2 unspecified atom stereocenters. The third kappa shape index (κ3) is 5.00. The van der Waals surface area contributed by atoms with Crippen LogP contribution in [0.4, 0.5) is 11.4 Å². The zero-order valence-corrected chi connectivity index (χ0v) is 17.9. The van der Waals surface area contributed by atoms with E-state index in [9.17, 15) is 13.6 Å². The molecule has 160 valence electrons. The first kappa shape index (κ1) is 20.8. The molecule has 8 heteroatoms. The quantitative estimate of drug-likeness (QED) is 0.652. The van der Waals surface area contributed by atoms with Crippen molar-refractivity contribution in [3.63, 3.8) is 0 Å². The molecule has 0 aromatic heterocycles. The molecule has 2 aromatic carbocycles. The van der Waals surface area contributed by atoms with Gasteiger partial charge in [-0.05, 0) is 56.0 Å². The van der Waals surface area contributed by atoms with E-state index in [1.165, 1.54) is 25.0 Å². The summed E-state index contributed by atoms with van der Waals surface area (Å²) in [5, 5.41) is 6.20. The highest BCUT2D eigenvalue weighted by Gasteiger charge is 2.32. The second kappa shape index (κ2) is 8.02. The van der Waals surface area contributed by atoms with Gasteiger partial charge in [0.25, 0.3) is 5.91 Å². The largest absolute Gasteiger partial charge is 0.610 e. The van der Waals surface area contributed by atoms with Crippen molar-refractivity contribution in [1.82, 2.24) is 0 Å². The molecule has 1 fully saturated rings. The van der Waals surface area contributed by atoms with Crippen molar-refractivity contribution in [3.8, 4) is 5.75 Å². The fourth-order valence-electron chi connectivity index (χ4n) is 3.31. The average molecular weight is 431 g/mol. The van der Waals surface area contributed by atoms with Crippen molar-refractivity contribution in [2.45, 2.75) is 30.2 Å². The van der Waals surface area contributed by atoms with Crippen molar-refractivity contribution in [2.24, 2.45) is 5.92 Å². The maximum Gasteiger partial charge on any atom is 0.255 e. The van der Waals surface area contributed by atoms with Crippen LogP contribution in [-0.2, 0) is 19.2 Å². The molecule has 7 nitrogen and oxygen atoms in total. The molecule has 2 atom stereocenters. The summed E-state index contributed by atoms with van der Waals surface area (Å²) in [4.78, 5) is 12.9. The second-order valence-corrected chi connectivity index (χ2v) is 10.4. The molecular weight excluding hydrogens is 404 g/mol. The lowest BCUT2D eigenvalue weighted by molar-refractivity contribution is 0.0667. The Labute approximate surface area is 177 Å². The van der Waals surface area contributed by atoms with Gasteiger partial charge in [0.15, 0.2) is 4.90 Å². The van der Waals surface area contributed by atoms with Gasteiger partial charge in [-0.25, -0.2) is 0 Å². The van der Waals surface area contributed by atoms with Gasteiger partial charge >= 0.3 is 0 Å². The van der Waals surface area contributed by atoms with Gasteiger partial charge in [-0.1, -0.05) is 6.07 Å². The number of hydrogen-bond acceptors (Lipinski definition) is 6. The van der Waals surface area contributed by atoms with Gasteiger partial charge in [-0.15, -0.1) is 4.21 Å². The number of benzene rings is 2. The molecule has 1 saturated carbocycles. The van der Waals surface area contributed by atoms with Crippen molar-refractivity contribution in [3.05, 3.63) is 48.0 Å². The summed E-state index contributed by atoms with van der Waals surface area (Å²) >= 11 is 0. The SMILES string of the molecule is CC1(COCC2CC2)COc2ccc(C(=O)Nc3cccc([S+](C)(=O)[O-])c3)cc2N1. The first-order chi connectivity index (χ1) is 14.2. The van der Waals surface area contributed by atoms with Crippen molar-refractivity contribution in [1.29, 1.82) is 0 Å². The summed E-state index contributed by atoms with van der Waals surface area (Å²) in [7, 11) is -3.35. The summed E-state index contributed by atoms with van der Waals surface area (Å²) in [6, 6.07) is 11.4. The molecule has 30 heavy (non-hydrogen) atoms. The van der Waals surface area contributed by atoms with E-state index in [4.69, 9.17) is 9.47 Å². The number of carbonyl (C=O) groups is 1. The number of hydrogen-bond donors (Lipinski definition) is 2. The van der Waals surface area contributed by atoms with Crippen LogP contribution >= 0.6 is 0 Å². The number of ether oxygens (including phenoxy) is 2. The Balaban J connectivity index is 1.45. The first-order valence-corrected chi connectivity index (χ1v) is 11.9. The fourth-order valence-corrected chi connectivity index (χ4v) is 3.98. The van der Waals surface area contributed by atoms with E-state index in [1.54, 1.807) is 30.3 Å². The van der Waals surface area contributed by atoms with Gasteiger partial charge in [0, 0.05) is 23.9 Å². The Bertz CT molecular complexity index is 1000. The molecule has 0 spiro atoms. The average Bonchev–Trinajstić information content (AvgIpc) is 3.51. The number of carbonyl (C=O) groups excluding carboxylic acids is 1. The van der Waals surface area contributed by atoms with Crippen molar-refractivity contribution in [2.75, 3.05) is 36.7 Å². The molecule has 0 bridgehead atoms. The molecule has 1 aliphatic carbocycles. The van der Waals surface area contributed by atoms with Crippen LogP contribution in [0.25, 0.3) is 0 Å². The number of rotatable bonds is 7. The third-order valence-corrected chi connectivity index (χ3v) is 6.33. The van der Waals surface area contributed by atoms with E-state index in [1.807, 2.05) is 6.92 Å². The molecule has 1 heterocycles. The number of anilines is 2. The lowest BCUT2D eigenvalue weighted by atomic mass is 10.0. The van der Waals surface area contributed by atoms with E-state index < -0.39 is 10.2 Å². The van der Waals surface area contributed by atoms with Gasteiger partial charge in [0.1, 0.15) is 18.6 Å². The summed E-state index contributed by atoms with van der Waals surface area (Å²) in [6.07, 6.45) is 3.62. The Morgan fingerprint density at radius 1 is 1.33 bits per heavy atom. The van der Waals surface area contributed by atoms with Crippen LogP contribution in [0.15, 0.2) is 47.4 Å². The maximum absolute atomic E-state index is 12.7. The molecule has 0 saturated heterocycles. The highest BCUT2D eigenvalue weighted by Crippen LogP contribution is 2.34. The summed E-state index contributed by atoms with van der Waals surface area (Å²) in [6.45, 7) is 3.82. The predicted molar refractivity (Wildman–Crippen MR) is 115 cm³/mol. The molecule has 2 N–H and O–H groups in total. The lowest BCUT2D eigenvalue weighted by Gasteiger charge is -2.36. The minimum atomic E-state index is -3.35. The summed E-state index contributed by atoms with van der Waals surface area (Å²) in [5.41, 5.74) is 1.22. The monoisotopic (exact) mass is 430 g/mol. The van der Waals surface area contributed by atoms with Gasteiger partial charge in [0.2, 0.25) is 0 Å². The van der Waals surface area contributed by atoms with E-state index in [0.717, 1.165) is 18.6 Å². The van der Waals surface area contributed by atoms with Gasteiger partial charge in [0.05, 0.1) is 28.0 Å². The molecular formula is C22H26N2O5S. The van der Waals surface area contributed by atoms with Gasteiger partial charge in [-0.2, -0.15) is 0 Å². The van der Waals surface area contributed by atoms with Crippen LogP contribution in [-0.4, -0.2) is 42.1 Å². The molecule has 2 aromatic rings. The topological polar surface area (TPSA) is 99.7 Å². The lowest BCUT2D eigenvalue weighted by Crippen LogP contribution is -2.48. The Morgan fingerprint density at radius 3 is 2.87 bits per heavy atom. The standard InChI is InChI=1S/C22H26N2O5S/c1-22(13-28-12-15-6-7-15)14-29-20-9-8-16(10-19(20)24-22)21(25)23-17-4-3-5-18(11-17)30(2,26)27/h3-5,8-11,15,24H,6-7,12-14H2,1-2H3,(H-,23,25,26,27). The third-order valence-electron chi connectivity index (χ3n) is 5.22. The Kier molecular flexibility index (Phi) is 5.57. The van der Waals surface area contributed by atoms with E-state index in [-0.39, 0.29) is 16.3 Å². The minimum Gasteiger partial charge on any atom is -0.610 e. The highest BCUT2D eigenvalue weighted by atomic mass is 32.3. The molecule has 0 radical (unpaired) electrons. The number of fused-ring (bicyclic) bond motifs is 1. The van der Waals surface area contributed by atoms with Crippen LogP contribution in [0.1, 0.15) is 30.1 Å². The van der Waals surface area contributed by atoms with Gasteiger partial charge < -0.3 is 24.7 Å². The normalized spacial score (nSPS) is 22.2. The van der Waals surface area contributed by atoms with Crippen molar-refractivity contribution < 1.29 is 23.0 Å². The maximum atomic E-state index is 12.7. The molecule has 1 amide bonds. The number of sulfone groups is 1. The molecule has 2 aliphatic rings. The van der Waals surface area contributed by atoms with Gasteiger partial charge in [-0.3, -0.25) is 4.79 Å². The zero-order valence-electron chi connectivity index (χ0n) is 17.1. The van der Waals surface area contributed by atoms with E-state index >= 15 is 0 Å². The Hall–Kier alpha value is -2.42. The Morgan fingerprint density at radius 2 is 2.13 bits per heavy atom. The fraction of sp³-hybridized carbons (Fsp3) is 0.409. The van der Waals surface area contributed by atoms with E-state index in [0.29, 0.717) is 36.1 Å². The van der Waals surface area contributed by atoms with Crippen LogP contribution in [0.5, 0.6) is 5.75 Å². The smallest absolute Gasteiger partial charge is 0.255 e. The van der Waals surface area contributed by atoms with Crippen LogP contribution in [0.3, 0.4) is 0 Å². The minimum absolute atomic E-state index is 0.155. The number of nitrogens with one attached hydrogen (secondary N) is 2. The van der Waals surface area contributed by atoms with Crippen molar-refractivity contribution >= 4 is 27.5 Å². The zero-order chi connectivity index (χ0) is 21.4. The highest BCUT2D eigenvalue weighted by molar-refractivity contribution is 7.97. The summed E-state index contributed by atoms with van der Waals surface area (Å²) in [5.74, 6) is 1.05. The number of amides is 1. The summed E-state index contributed by atoms with van der Waals surface area (Å²) < 4.78 is 35.2.